The molecule has 0 aliphatic carbocycles. The van der Waals surface area contributed by atoms with Gasteiger partial charge < -0.3 is 10.2 Å². The lowest BCUT2D eigenvalue weighted by atomic mass is 10.1. The summed E-state index contributed by atoms with van der Waals surface area (Å²) in [4.78, 5) is 2.25. The third-order valence-corrected chi connectivity index (χ3v) is 6.09. The second-order valence-corrected chi connectivity index (χ2v) is 8.23. The molecule has 0 amide bonds. The average Bonchev–Trinajstić information content (AvgIpc) is 2.43. The number of likely N-dealkylation sites (N-methyl/N-ethyl adjacent to an activating group) is 1. The molecule has 21 heavy (non-hydrogen) atoms. The Bertz CT molecular complexity index is 400. The smallest absolute Gasteiger partial charge is 0.281 e. The van der Waals surface area contributed by atoms with Crippen molar-refractivity contribution in [2.75, 3.05) is 46.8 Å². The van der Waals surface area contributed by atoms with Gasteiger partial charge in [-0.2, -0.15) is 17.0 Å². The molecule has 6 nitrogen and oxygen atoms in total. The van der Waals surface area contributed by atoms with Gasteiger partial charge in [-0.05, 0) is 26.4 Å². The van der Waals surface area contributed by atoms with Crippen LogP contribution in [0.3, 0.4) is 0 Å². The number of rotatable bonds is 8. The lowest BCUT2D eigenvalue weighted by Gasteiger charge is -2.39. The fourth-order valence-corrected chi connectivity index (χ4v) is 4.00. The first-order valence-electron chi connectivity index (χ1n) is 7.94. The van der Waals surface area contributed by atoms with Crippen LogP contribution >= 0.6 is 0 Å². The van der Waals surface area contributed by atoms with Gasteiger partial charge >= 0.3 is 0 Å². The van der Waals surface area contributed by atoms with E-state index >= 15 is 0 Å². The van der Waals surface area contributed by atoms with E-state index in [9.17, 15) is 8.42 Å². The summed E-state index contributed by atoms with van der Waals surface area (Å²) in [5, 5.41) is 3.31. The van der Waals surface area contributed by atoms with E-state index in [1.165, 1.54) is 4.31 Å². The summed E-state index contributed by atoms with van der Waals surface area (Å²) in [5.74, 6) is 0. The predicted octanol–water partition coefficient (Wildman–Crippen LogP) is 0.577. The van der Waals surface area contributed by atoms with Crippen LogP contribution in [0.5, 0.6) is 0 Å². The number of piperazine rings is 1. The van der Waals surface area contributed by atoms with Crippen LogP contribution in [0.4, 0.5) is 0 Å². The monoisotopic (exact) mass is 320 g/mol. The van der Waals surface area contributed by atoms with Crippen LogP contribution < -0.4 is 5.32 Å². The van der Waals surface area contributed by atoms with Crippen molar-refractivity contribution < 1.29 is 8.42 Å². The minimum Gasteiger partial charge on any atom is -0.314 e. The fourth-order valence-electron chi connectivity index (χ4n) is 2.57. The fraction of sp³-hybridized carbons (Fsp3) is 1.00. The summed E-state index contributed by atoms with van der Waals surface area (Å²) in [6.07, 6.45) is 1.81. The predicted molar refractivity (Wildman–Crippen MR) is 87.6 cm³/mol. The van der Waals surface area contributed by atoms with E-state index in [0.717, 1.165) is 25.9 Å². The maximum Gasteiger partial charge on any atom is 0.281 e. The van der Waals surface area contributed by atoms with Gasteiger partial charge in [0.25, 0.3) is 10.2 Å². The van der Waals surface area contributed by atoms with E-state index < -0.39 is 10.2 Å². The zero-order chi connectivity index (χ0) is 16.0. The summed E-state index contributed by atoms with van der Waals surface area (Å²) in [5.41, 5.74) is 0. The lowest BCUT2D eigenvalue weighted by Crippen LogP contribution is -2.55. The summed E-state index contributed by atoms with van der Waals surface area (Å²) in [6, 6.07) is 0.763. The highest BCUT2D eigenvalue weighted by Gasteiger charge is 2.33. The molecular weight excluding hydrogens is 288 g/mol. The molecule has 0 bridgehead atoms. The van der Waals surface area contributed by atoms with Crippen molar-refractivity contribution in [2.24, 2.45) is 0 Å². The summed E-state index contributed by atoms with van der Waals surface area (Å²) >= 11 is 0. The van der Waals surface area contributed by atoms with Crippen molar-refractivity contribution in [1.82, 2.24) is 18.8 Å². The molecule has 1 aliphatic heterocycles. The maximum atomic E-state index is 12.6. The molecule has 0 aromatic heterocycles. The largest absolute Gasteiger partial charge is 0.314 e. The SMILES string of the molecule is CCC1CN(S(=O)(=O)N(C)CCCNC(C)C)CCN1C. The van der Waals surface area contributed by atoms with E-state index in [0.29, 0.717) is 31.7 Å². The Morgan fingerprint density at radius 3 is 2.57 bits per heavy atom. The summed E-state index contributed by atoms with van der Waals surface area (Å²) in [7, 11) is 0.436. The molecule has 1 heterocycles. The highest BCUT2D eigenvalue weighted by Crippen LogP contribution is 2.16. The number of nitrogens with one attached hydrogen (secondary N) is 1. The second kappa shape index (κ2) is 8.43. The van der Waals surface area contributed by atoms with Gasteiger partial charge in [0.2, 0.25) is 0 Å². The second-order valence-electron chi connectivity index (χ2n) is 6.19. The number of hydrogen-bond donors (Lipinski definition) is 1. The van der Waals surface area contributed by atoms with Gasteiger partial charge in [-0.1, -0.05) is 20.8 Å². The Labute approximate surface area is 130 Å². The maximum absolute atomic E-state index is 12.6. The molecule has 0 aromatic rings. The Morgan fingerprint density at radius 2 is 2.00 bits per heavy atom. The number of nitrogens with zero attached hydrogens (tertiary/aromatic N) is 3. The normalized spacial score (nSPS) is 22.3. The zero-order valence-electron chi connectivity index (χ0n) is 14.2. The highest BCUT2D eigenvalue weighted by atomic mass is 32.2. The van der Waals surface area contributed by atoms with Crippen LogP contribution in [0.2, 0.25) is 0 Å². The van der Waals surface area contributed by atoms with E-state index in [-0.39, 0.29) is 0 Å². The van der Waals surface area contributed by atoms with E-state index in [1.807, 2.05) is 0 Å². The molecule has 0 aromatic carbocycles. The molecule has 0 radical (unpaired) electrons. The van der Waals surface area contributed by atoms with Gasteiger partial charge in [-0.3, -0.25) is 0 Å². The first kappa shape index (κ1) is 18.8. The van der Waals surface area contributed by atoms with Crippen molar-refractivity contribution >= 4 is 10.2 Å². The zero-order valence-corrected chi connectivity index (χ0v) is 15.0. The van der Waals surface area contributed by atoms with Gasteiger partial charge in [0.05, 0.1) is 0 Å². The molecule has 126 valence electrons. The summed E-state index contributed by atoms with van der Waals surface area (Å²) < 4.78 is 28.3. The molecule has 7 heteroatoms. The van der Waals surface area contributed by atoms with Crippen LogP contribution in [0.15, 0.2) is 0 Å². The van der Waals surface area contributed by atoms with Crippen molar-refractivity contribution in [3.8, 4) is 0 Å². The molecule has 1 N–H and O–H groups in total. The van der Waals surface area contributed by atoms with Gasteiger partial charge in [-0.15, -0.1) is 0 Å². The average molecular weight is 321 g/mol. The van der Waals surface area contributed by atoms with Crippen LogP contribution in [0.25, 0.3) is 0 Å². The minimum atomic E-state index is -3.32. The molecule has 1 aliphatic rings. The van der Waals surface area contributed by atoms with Crippen molar-refractivity contribution in [2.45, 2.75) is 45.7 Å². The highest BCUT2D eigenvalue weighted by molar-refractivity contribution is 7.86. The lowest BCUT2D eigenvalue weighted by molar-refractivity contribution is 0.139. The van der Waals surface area contributed by atoms with Crippen molar-refractivity contribution in [3.63, 3.8) is 0 Å². The Kier molecular flexibility index (Phi) is 7.56. The Morgan fingerprint density at radius 1 is 1.33 bits per heavy atom. The van der Waals surface area contributed by atoms with Crippen molar-refractivity contribution in [3.05, 3.63) is 0 Å². The quantitative estimate of drug-likeness (QED) is 0.665. The van der Waals surface area contributed by atoms with Gasteiger partial charge in [-0.25, -0.2) is 0 Å². The van der Waals surface area contributed by atoms with E-state index in [4.69, 9.17) is 0 Å². The molecule has 0 spiro atoms. The van der Waals surface area contributed by atoms with Crippen LogP contribution in [-0.4, -0.2) is 80.8 Å². The molecule has 0 saturated carbocycles. The third kappa shape index (κ3) is 5.49. The molecule has 1 saturated heterocycles. The Hall–Kier alpha value is -0.210. The van der Waals surface area contributed by atoms with Gasteiger partial charge in [0.15, 0.2) is 0 Å². The minimum absolute atomic E-state index is 0.324. The van der Waals surface area contributed by atoms with Gasteiger partial charge in [0, 0.05) is 45.3 Å². The number of hydrogen-bond acceptors (Lipinski definition) is 4. The van der Waals surface area contributed by atoms with E-state index in [1.54, 1.807) is 11.4 Å². The first-order chi connectivity index (χ1) is 9.78. The molecule has 1 fully saturated rings. The standard InChI is InChI=1S/C14H32N4O2S/c1-6-14-12-18(11-10-16(14)4)21(19,20)17(5)9-7-8-15-13(2)3/h13-15H,6-12H2,1-5H3. The van der Waals surface area contributed by atoms with E-state index in [2.05, 4.69) is 38.0 Å². The molecule has 1 atom stereocenters. The molecular formula is C14H32N4O2S. The Balaban J connectivity index is 2.51. The van der Waals surface area contributed by atoms with Crippen molar-refractivity contribution in [1.29, 1.82) is 0 Å². The topological polar surface area (TPSA) is 55.9 Å². The van der Waals surface area contributed by atoms with Crippen LogP contribution in [0, 0.1) is 0 Å². The van der Waals surface area contributed by atoms with Crippen LogP contribution in [-0.2, 0) is 10.2 Å². The molecule has 1 unspecified atom stereocenters. The summed E-state index contributed by atoms with van der Waals surface area (Å²) in [6.45, 7) is 9.70. The first-order valence-corrected chi connectivity index (χ1v) is 9.33. The molecule has 1 rings (SSSR count). The third-order valence-electron chi connectivity index (χ3n) is 4.13. The van der Waals surface area contributed by atoms with Crippen LogP contribution in [0.1, 0.15) is 33.6 Å². The van der Waals surface area contributed by atoms with Gasteiger partial charge in [0.1, 0.15) is 0 Å².